The van der Waals surface area contributed by atoms with Gasteiger partial charge in [0.1, 0.15) is 17.3 Å². The van der Waals surface area contributed by atoms with Crippen molar-refractivity contribution in [2.75, 3.05) is 46.5 Å². The molecule has 3 amide bonds. The van der Waals surface area contributed by atoms with Crippen molar-refractivity contribution in [2.45, 2.75) is 150 Å². The first-order chi connectivity index (χ1) is 31.3. The van der Waals surface area contributed by atoms with Crippen LogP contribution < -0.4 is 0 Å². The van der Waals surface area contributed by atoms with Gasteiger partial charge in [-0.1, -0.05) is 114 Å². The molecule has 12 nitrogen and oxygen atoms in total. The van der Waals surface area contributed by atoms with Crippen LogP contribution in [0.25, 0.3) is 0 Å². The number of thiazole rings is 1. The summed E-state index contributed by atoms with van der Waals surface area (Å²) in [5.41, 5.74) is 1.49. The molecular formula is C51H80N4O8S3. The molecule has 3 rings (SSSR count). The van der Waals surface area contributed by atoms with Gasteiger partial charge in [0.15, 0.2) is 5.78 Å². The van der Waals surface area contributed by atoms with E-state index in [9.17, 15) is 28.8 Å². The van der Waals surface area contributed by atoms with Gasteiger partial charge in [0.2, 0.25) is 17.7 Å². The number of amides is 3. The smallest absolute Gasteiger partial charge is 0.226 e. The minimum absolute atomic E-state index is 0.00261. The second-order valence-corrected chi connectivity index (χ2v) is 22.5. The lowest BCUT2D eigenvalue weighted by Crippen LogP contribution is -2.54. The zero-order chi connectivity index (χ0) is 49.2. The zero-order valence-corrected chi connectivity index (χ0v) is 44.5. The summed E-state index contributed by atoms with van der Waals surface area (Å²) < 4.78 is 12.2. The van der Waals surface area contributed by atoms with Crippen molar-refractivity contribution >= 4 is 68.0 Å². The van der Waals surface area contributed by atoms with Crippen molar-refractivity contribution in [3.63, 3.8) is 0 Å². The van der Waals surface area contributed by atoms with Crippen LogP contribution in [0.5, 0.6) is 0 Å². The summed E-state index contributed by atoms with van der Waals surface area (Å²) in [5, 5.41) is 2.55. The summed E-state index contributed by atoms with van der Waals surface area (Å²) in [6, 6.07) is 9.25. The van der Waals surface area contributed by atoms with Crippen LogP contribution >= 0.6 is 32.9 Å². The summed E-state index contributed by atoms with van der Waals surface area (Å²) >= 11 is 1.41. The Labute approximate surface area is 408 Å². The van der Waals surface area contributed by atoms with E-state index >= 15 is 0 Å². The molecular weight excluding hydrogens is 893 g/mol. The fourth-order valence-electron chi connectivity index (χ4n) is 8.85. The van der Waals surface area contributed by atoms with Crippen LogP contribution in [0.15, 0.2) is 35.7 Å². The molecule has 1 aromatic heterocycles. The maximum atomic E-state index is 14.5. The first-order valence-electron chi connectivity index (χ1n) is 23.9. The van der Waals surface area contributed by atoms with E-state index in [0.29, 0.717) is 43.8 Å². The minimum Gasteiger partial charge on any atom is -0.379 e. The Morgan fingerprint density at radius 1 is 0.879 bits per heavy atom. The van der Waals surface area contributed by atoms with E-state index in [2.05, 4.69) is 13.8 Å². The Morgan fingerprint density at radius 2 is 1.55 bits per heavy atom. The molecule has 0 spiro atoms. The lowest BCUT2D eigenvalue weighted by atomic mass is 9.82. The number of likely N-dealkylation sites (N-methyl/N-ethyl adjacent to an activating group) is 1. The third-order valence-electron chi connectivity index (χ3n) is 13.8. The molecule has 1 aliphatic rings. The lowest BCUT2D eigenvalue weighted by Gasteiger charge is -2.41. The van der Waals surface area contributed by atoms with Gasteiger partial charge in [0, 0.05) is 95.9 Å². The number of ether oxygens (including phenoxy) is 2. The first-order valence-corrected chi connectivity index (χ1v) is 27.3. The topological polar surface area (TPSA) is 143 Å². The van der Waals surface area contributed by atoms with Gasteiger partial charge in [-0.05, 0) is 49.0 Å². The fraction of sp³-hybridized carbons (Fsp3) is 0.706. The quantitative estimate of drug-likeness (QED) is 0.0320. The highest BCUT2D eigenvalue weighted by molar-refractivity contribution is 8.76. The SMILES string of the molecule is CC[C@H](C)[C@@H]([C@@H](CC(=O)N1CCC[C@H]1[C@H](OC)[C@@H](C)C(=O)C[C@@H](Cc1ccccc1)c1nc(C(=O)CCCSSCN(C)C(C)=O)cs1)OC)N(C)C(=O)[C@@H](CC(=O)[C@@H](C)C(C)C)C(C)C. The number of nitrogens with zero attached hydrogens (tertiary/aromatic N) is 4. The Bertz CT molecular complexity index is 1860. The maximum Gasteiger partial charge on any atom is 0.226 e. The monoisotopic (exact) mass is 973 g/mol. The number of hydrogen-bond donors (Lipinski definition) is 0. The van der Waals surface area contributed by atoms with E-state index in [0.717, 1.165) is 29.2 Å². The Hall–Kier alpha value is -3.11. The summed E-state index contributed by atoms with van der Waals surface area (Å²) in [6.07, 6.45) is 3.11. The van der Waals surface area contributed by atoms with Gasteiger partial charge in [-0.3, -0.25) is 28.8 Å². The van der Waals surface area contributed by atoms with Gasteiger partial charge in [-0.2, -0.15) is 0 Å². The van der Waals surface area contributed by atoms with E-state index in [1.807, 2.05) is 76.8 Å². The number of benzene rings is 1. The van der Waals surface area contributed by atoms with Crippen molar-refractivity contribution in [3.05, 3.63) is 52.0 Å². The van der Waals surface area contributed by atoms with Crippen molar-refractivity contribution in [1.29, 1.82) is 0 Å². The van der Waals surface area contributed by atoms with Crippen molar-refractivity contribution in [1.82, 2.24) is 19.7 Å². The van der Waals surface area contributed by atoms with Gasteiger partial charge >= 0.3 is 0 Å². The van der Waals surface area contributed by atoms with E-state index in [4.69, 9.17) is 14.5 Å². The molecule has 2 heterocycles. The maximum absolute atomic E-state index is 14.5. The van der Waals surface area contributed by atoms with Crippen LogP contribution in [-0.4, -0.2) is 126 Å². The second kappa shape index (κ2) is 28.4. The summed E-state index contributed by atoms with van der Waals surface area (Å²) in [6.45, 7) is 18.0. The molecule has 0 unspecified atom stereocenters. The Balaban J connectivity index is 1.76. The highest BCUT2D eigenvalue weighted by Crippen LogP contribution is 2.34. The molecule has 0 saturated carbocycles. The first kappa shape index (κ1) is 57.2. The summed E-state index contributed by atoms with van der Waals surface area (Å²) in [4.78, 5) is 91.2. The van der Waals surface area contributed by atoms with Crippen molar-refractivity contribution in [2.24, 2.45) is 35.5 Å². The van der Waals surface area contributed by atoms with Crippen LogP contribution in [0.1, 0.15) is 141 Å². The minimum atomic E-state index is -0.599. The number of aromatic nitrogens is 1. The normalized spacial score (nSPS) is 17.7. The standard InChI is InChI=1S/C51H80N4O8S3/c1-14-34(6)48(54(11)51(61)40(33(4)5)28-45(59)35(7)32(2)3)46(62-12)29-47(60)55-24-18-22-42(55)49(63-13)36(8)44(58)27-39(26-38-20-16-15-17-21-38)50-52-41(30-64-50)43(57)23-19-25-65-66-31-53(10)37(9)56/h15-17,20-21,30,32-36,39-40,42,46,48-49H,14,18-19,22-29,31H2,1-13H3/t34-,35-,36-,39+,40-,42-,46+,48-,49+/m0/s1. The molecule has 1 aromatic carbocycles. The summed E-state index contributed by atoms with van der Waals surface area (Å²) in [5.74, 6) is -0.0761. The Kier molecular flexibility index (Phi) is 24.6. The molecule has 9 atom stereocenters. The van der Waals surface area contributed by atoms with Gasteiger partial charge in [0.25, 0.3) is 0 Å². The molecule has 0 bridgehead atoms. The largest absolute Gasteiger partial charge is 0.379 e. The lowest BCUT2D eigenvalue weighted by molar-refractivity contribution is -0.149. The number of ketones is 3. The van der Waals surface area contributed by atoms with Crippen LogP contribution in [0.3, 0.4) is 0 Å². The third kappa shape index (κ3) is 16.5. The van der Waals surface area contributed by atoms with Gasteiger partial charge in [-0.15, -0.1) is 11.3 Å². The molecule has 15 heteroatoms. The highest BCUT2D eigenvalue weighted by Gasteiger charge is 2.43. The fourth-order valence-corrected chi connectivity index (χ4v) is 12.0. The van der Waals surface area contributed by atoms with Crippen molar-refractivity contribution < 1.29 is 38.2 Å². The van der Waals surface area contributed by atoms with Crippen LogP contribution in [0, 0.1) is 35.5 Å². The predicted molar refractivity (Wildman–Crippen MR) is 270 cm³/mol. The predicted octanol–water partition coefficient (Wildman–Crippen LogP) is 9.65. The van der Waals surface area contributed by atoms with Gasteiger partial charge < -0.3 is 24.2 Å². The van der Waals surface area contributed by atoms with Crippen LogP contribution in [0.4, 0.5) is 0 Å². The van der Waals surface area contributed by atoms with E-state index in [-0.39, 0.29) is 90.0 Å². The van der Waals surface area contributed by atoms with Crippen LogP contribution in [-0.2, 0) is 39.9 Å². The molecule has 370 valence electrons. The highest BCUT2D eigenvalue weighted by atomic mass is 33.1. The van der Waals surface area contributed by atoms with Gasteiger partial charge in [-0.25, -0.2) is 4.98 Å². The molecule has 0 aliphatic carbocycles. The average molecular weight is 973 g/mol. The number of likely N-dealkylation sites (tertiary alicyclic amines) is 1. The molecule has 1 aliphatic heterocycles. The summed E-state index contributed by atoms with van der Waals surface area (Å²) in [7, 11) is 9.97. The average Bonchev–Trinajstić information content (AvgIpc) is 4.00. The molecule has 1 saturated heterocycles. The molecule has 0 N–H and O–H groups in total. The van der Waals surface area contributed by atoms with E-state index in [1.165, 1.54) is 18.3 Å². The number of carbonyl (C=O) groups excluding carboxylic acids is 6. The number of carbonyl (C=O) groups is 6. The third-order valence-corrected chi connectivity index (χ3v) is 17.3. The molecule has 2 aromatic rings. The number of rotatable bonds is 30. The second-order valence-electron chi connectivity index (χ2n) is 19.1. The Morgan fingerprint density at radius 3 is 2.14 bits per heavy atom. The van der Waals surface area contributed by atoms with Crippen molar-refractivity contribution in [3.8, 4) is 0 Å². The van der Waals surface area contributed by atoms with E-state index in [1.54, 1.807) is 65.1 Å². The van der Waals surface area contributed by atoms with Gasteiger partial charge in [0.05, 0.1) is 41.6 Å². The van der Waals surface area contributed by atoms with E-state index < -0.39 is 30.1 Å². The molecule has 0 radical (unpaired) electrons. The molecule has 66 heavy (non-hydrogen) atoms. The van der Waals surface area contributed by atoms with Crippen LogP contribution in [0.2, 0.25) is 0 Å². The number of methoxy groups -OCH3 is 2. The number of Topliss-reactive ketones (excluding diaryl/α,β-unsaturated/α-hetero) is 3. The zero-order valence-electron chi connectivity index (χ0n) is 42.1. The number of hydrogen-bond acceptors (Lipinski definition) is 12. The molecule has 1 fully saturated rings.